The van der Waals surface area contributed by atoms with E-state index >= 15 is 0 Å². The molecule has 2 fully saturated rings. The average Bonchev–Trinajstić information content (AvgIpc) is 2.87. The molecule has 7 nitrogen and oxygen atoms in total. The number of hydrogen-bond donors (Lipinski definition) is 1. The Labute approximate surface area is 190 Å². The lowest BCUT2D eigenvalue weighted by Gasteiger charge is -2.31. The Bertz CT molecular complexity index is 833. The zero-order valence-corrected chi connectivity index (χ0v) is 19.0. The third kappa shape index (κ3) is 7.85. The van der Waals surface area contributed by atoms with E-state index in [1.165, 1.54) is 13.2 Å². The fourth-order valence-corrected chi connectivity index (χ4v) is 4.03. The molecule has 2 saturated heterocycles. The molecular formula is C22H30F4N2O5. The molecule has 1 N–H and O–H groups in total. The highest BCUT2D eigenvalue weighted by Crippen LogP contribution is 2.35. The highest BCUT2D eigenvalue weighted by atomic mass is 19.4. The number of aliphatic carboxylic acids is 1. The van der Waals surface area contributed by atoms with Crippen molar-refractivity contribution in [2.45, 2.75) is 33.0 Å². The van der Waals surface area contributed by atoms with Crippen molar-refractivity contribution in [1.82, 2.24) is 9.80 Å². The summed E-state index contributed by atoms with van der Waals surface area (Å²) in [7, 11) is 1.53. The maximum atomic E-state index is 14.3. The van der Waals surface area contributed by atoms with Gasteiger partial charge in [0.2, 0.25) is 5.91 Å². The minimum Gasteiger partial charge on any atom is -0.497 e. The molecule has 33 heavy (non-hydrogen) atoms. The summed E-state index contributed by atoms with van der Waals surface area (Å²) in [4.78, 5) is 25.5. The second kappa shape index (κ2) is 11.1. The summed E-state index contributed by atoms with van der Waals surface area (Å²) >= 11 is 0. The quantitative estimate of drug-likeness (QED) is 0.655. The molecule has 11 heteroatoms. The van der Waals surface area contributed by atoms with Gasteiger partial charge in [-0.1, -0.05) is 19.9 Å². The molecular weight excluding hydrogens is 448 g/mol. The second-order valence-corrected chi connectivity index (χ2v) is 8.87. The number of hydrogen-bond acceptors (Lipinski definition) is 5. The van der Waals surface area contributed by atoms with Crippen LogP contribution in [-0.2, 0) is 20.9 Å². The molecule has 2 aliphatic rings. The molecule has 2 heterocycles. The Morgan fingerprint density at radius 2 is 1.97 bits per heavy atom. The molecule has 0 aromatic heterocycles. The lowest BCUT2D eigenvalue weighted by Crippen LogP contribution is -2.41. The van der Waals surface area contributed by atoms with Gasteiger partial charge in [0.15, 0.2) is 0 Å². The van der Waals surface area contributed by atoms with Crippen LogP contribution in [0.15, 0.2) is 18.2 Å². The highest BCUT2D eigenvalue weighted by molar-refractivity contribution is 5.79. The molecule has 1 aromatic carbocycles. The normalized spacial score (nSPS) is 21.7. The van der Waals surface area contributed by atoms with Crippen molar-refractivity contribution in [1.29, 1.82) is 0 Å². The molecule has 0 aliphatic carbocycles. The van der Waals surface area contributed by atoms with Crippen molar-refractivity contribution in [3.63, 3.8) is 0 Å². The minimum absolute atomic E-state index is 0.189. The van der Waals surface area contributed by atoms with Gasteiger partial charge in [-0.05, 0) is 12.0 Å². The van der Waals surface area contributed by atoms with Crippen molar-refractivity contribution in [2.24, 2.45) is 11.3 Å². The summed E-state index contributed by atoms with van der Waals surface area (Å²) in [6, 6.07) is 4.98. The third-order valence-corrected chi connectivity index (χ3v) is 5.41. The van der Waals surface area contributed by atoms with Gasteiger partial charge in [0.05, 0.1) is 20.3 Å². The van der Waals surface area contributed by atoms with Gasteiger partial charge in [-0.2, -0.15) is 13.2 Å². The fraction of sp³-hybridized carbons (Fsp3) is 0.636. The van der Waals surface area contributed by atoms with Crippen molar-refractivity contribution in [3.05, 3.63) is 29.6 Å². The van der Waals surface area contributed by atoms with Gasteiger partial charge in [0.25, 0.3) is 0 Å². The first-order valence-electron chi connectivity index (χ1n) is 10.6. The van der Waals surface area contributed by atoms with E-state index in [2.05, 4.69) is 18.7 Å². The first kappa shape index (κ1) is 26.8. The van der Waals surface area contributed by atoms with E-state index in [-0.39, 0.29) is 17.1 Å². The number of carboxylic acids is 1. The second-order valence-electron chi connectivity index (χ2n) is 8.87. The van der Waals surface area contributed by atoms with E-state index in [4.69, 9.17) is 19.4 Å². The number of rotatable bonds is 5. The minimum atomic E-state index is -5.08. The van der Waals surface area contributed by atoms with E-state index in [1.54, 1.807) is 12.1 Å². The molecule has 3 rings (SSSR count). The number of carbonyl (C=O) groups excluding carboxylic acids is 1. The maximum Gasteiger partial charge on any atom is 0.490 e. The van der Waals surface area contributed by atoms with Crippen LogP contribution in [-0.4, -0.2) is 79.5 Å². The zero-order chi connectivity index (χ0) is 24.8. The summed E-state index contributed by atoms with van der Waals surface area (Å²) < 4.78 is 57.0. The standard InChI is InChI=1S/C20H29FN2O3.C2HF3O2/c1-15(2)10-23-13-20(9-19(23)24)12-22(6-7-26-14-20)11-16-4-5-17(25-3)8-18(16)21;3-2(4,5)1(6)7/h4-5,8,15H,6-7,9-14H2,1-3H3;(H,6,7). The molecule has 0 bridgehead atoms. The summed E-state index contributed by atoms with van der Waals surface area (Å²) in [5.41, 5.74) is 0.456. The van der Waals surface area contributed by atoms with Crippen LogP contribution in [0.3, 0.4) is 0 Å². The van der Waals surface area contributed by atoms with E-state index in [0.717, 1.165) is 26.2 Å². The van der Waals surface area contributed by atoms with Crippen LogP contribution in [0.4, 0.5) is 17.6 Å². The molecule has 2 aliphatic heterocycles. The first-order chi connectivity index (χ1) is 15.3. The van der Waals surface area contributed by atoms with Crippen LogP contribution in [0.1, 0.15) is 25.8 Å². The van der Waals surface area contributed by atoms with Crippen LogP contribution >= 0.6 is 0 Å². The van der Waals surface area contributed by atoms with Crippen LogP contribution in [0.25, 0.3) is 0 Å². The topological polar surface area (TPSA) is 79.3 Å². The lowest BCUT2D eigenvalue weighted by molar-refractivity contribution is -0.192. The molecule has 0 radical (unpaired) electrons. The molecule has 186 valence electrons. The number of alkyl halides is 3. The lowest BCUT2D eigenvalue weighted by atomic mass is 9.87. The van der Waals surface area contributed by atoms with Crippen LogP contribution < -0.4 is 4.74 Å². The smallest absolute Gasteiger partial charge is 0.490 e. The van der Waals surface area contributed by atoms with Crippen molar-refractivity contribution in [3.8, 4) is 5.75 Å². The van der Waals surface area contributed by atoms with Gasteiger partial charge < -0.3 is 19.5 Å². The summed E-state index contributed by atoms with van der Waals surface area (Å²) in [6.07, 6.45) is -4.57. The van der Waals surface area contributed by atoms with Gasteiger partial charge in [0, 0.05) is 56.2 Å². The van der Waals surface area contributed by atoms with E-state index in [1.807, 2.05) is 4.90 Å². The largest absolute Gasteiger partial charge is 0.497 e. The Hall–Kier alpha value is -2.40. The predicted molar refractivity (Wildman–Crippen MR) is 111 cm³/mol. The number of amides is 1. The Balaban J connectivity index is 0.000000479. The Morgan fingerprint density at radius 3 is 2.52 bits per heavy atom. The molecule has 1 atom stereocenters. The summed E-state index contributed by atoms with van der Waals surface area (Å²) in [5, 5.41) is 7.12. The van der Waals surface area contributed by atoms with Gasteiger partial charge in [-0.25, -0.2) is 9.18 Å². The van der Waals surface area contributed by atoms with Gasteiger partial charge in [0.1, 0.15) is 11.6 Å². The van der Waals surface area contributed by atoms with Crippen LogP contribution in [0.2, 0.25) is 0 Å². The number of benzene rings is 1. The Kier molecular flexibility index (Phi) is 9.07. The fourth-order valence-electron chi connectivity index (χ4n) is 4.03. The number of carboxylic acid groups (broad SMARTS) is 1. The maximum absolute atomic E-state index is 14.3. The van der Waals surface area contributed by atoms with E-state index < -0.39 is 12.1 Å². The van der Waals surface area contributed by atoms with Crippen LogP contribution in [0, 0.1) is 17.2 Å². The average molecular weight is 478 g/mol. The molecule has 1 aromatic rings. The first-order valence-corrected chi connectivity index (χ1v) is 10.6. The number of carbonyl (C=O) groups is 2. The predicted octanol–water partition coefficient (Wildman–Crippen LogP) is 3.17. The number of likely N-dealkylation sites (tertiary alicyclic amines) is 1. The van der Waals surface area contributed by atoms with Crippen molar-refractivity contribution < 1.29 is 41.7 Å². The Morgan fingerprint density at radius 1 is 1.30 bits per heavy atom. The monoisotopic (exact) mass is 478 g/mol. The molecule has 0 saturated carbocycles. The van der Waals surface area contributed by atoms with E-state index in [0.29, 0.717) is 43.4 Å². The summed E-state index contributed by atoms with van der Waals surface area (Å²) in [5.74, 6) is -1.84. The zero-order valence-electron chi connectivity index (χ0n) is 19.0. The highest BCUT2D eigenvalue weighted by Gasteiger charge is 2.45. The van der Waals surface area contributed by atoms with Gasteiger partial charge in [-0.3, -0.25) is 9.69 Å². The van der Waals surface area contributed by atoms with Crippen molar-refractivity contribution in [2.75, 3.05) is 46.5 Å². The number of nitrogens with zero attached hydrogens (tertiary/aromatic N) is 2. The van der Waals surface area contributed by atoms with Crippen molar-refractivity contribution >= 4 is 11.9 Å². The summed E-state index contributed by atoms with van der Waals surface area (Å²) in [6.45, 7) is 8.97. The van der Waals surface area contributed by atoms with Gasteiger partial charge >= 0.3 is 12.1 Å². The molecule has 1 amide bonds. The van der Waals surface area contributed by atoms with Gasteiger partial charge in [-0.15, -0.1) is 0 Å². The molecule has 1 spiro atoms. The number of halogens is 4. The van der Waals surface area contributed by atoms with E-state index in [9.17, 15) is 22.4 Å². The number of methoxy groups -OCH3 is 1. The molecule has 1 unspecified atom stereocenters. The number of ether oxygens (including phenoxy) is 2. The SMILES string of the molecule is COc1ccc(CN2CCOCC3(CC(=O)N(CC(C)C)C3)C2)c(F)c1.O=C(O)C(F)(F)F. The third-order valence-electron chi connectivity index (χ3n) is 5.41. The van der Waals surface area contributed by atoms with Crippen LogP contribution in [0.5, 0.6) is 5.75 Å².